The molecule has 1 aromatic carbocycles. The van der Waals surface area contributed by atoms with Gasteiger partial charge in [0.05, 0.1) is 23.5 Å². The highest BCUT2D eigenvalue weighted by Crippen LogP contribution is 2.19. The summed E-state index contributed by atoms with van der Waals surface area (Å²) >= 11 is 0. The Labute approximate surface area is 112 Å². The van der Waals surface area contributed by atoms with Crippen LogP contribution in [0.1, 0.15) is 29.8 Å². The van der Waals surface area contributed by atoms with Gasteiger partial charge in [0.1, 0.15) is 11.8 Å². The van der Waals surface area contributed by atoms with Gasteiger partial charge in [-0.05, 0) is 36.8 Å². The summed E-state index contributed by atoms with van der Waals surface area (Å²) in [6.07, 6.45) is 1.64. The van der Waals surface area contributed by atoms with Gasteiger partial charge in [0, 0.05) is 6.04 Å². The van der Waals surface area contributed by atoms with Crippen LogP contribution >= 0.6 is 0 Å². The number of anilines is 1. The summed E-state index contributed by atoms with van der Waals surface area (Å²) in [7, 11) is 0. The van der Waals surface area contributed by atoms with Gasteiger partial charge in [-0.2, -0.15) is 10.5 Å². The van der Waals surface area contributed by atoms with Crippen LogP contribution in [-0.2, 0) is 0 Å². The smallest absolute Gasteiger partial charge is 0.140 e. The SMILES string of the molecule is CC(Nc1ccc(C#N)nc1)c1ccc(C#N)cc1. The third-order valence-electron chi connectivity index (χ3n) is 2.80. The molecule has 0 spiro atoms. The molecule has 92 valence electrons. The molecule has 1 heterocycles. The van der Waals surface area contributed by atoms with Gasteiger partial charge in [-0.15, -0.1) is 0 Å². The van der Waals surface area contributed by atoms with Crippen molar-refractivity contribution in [2.75, 3.05) is 5.32 Å². The van der Waals surface area contributed by atoms with Gasteiger partial charge in [-0.1, -0.05) is 12.1 Å². The first kappa shape index (κ1) is 12.6. The lowest BCUT2D eigenvalue weighted by molar-refractivity contribution is 0.882. The third kappa shape index (κ3) is 3.08. The number of hydrogen-bond donors (Lipinski definition) is 1. The van der Waals surface area contributed by atoms with Crippen molar-refractivity contribution in [2.45, 2.75) is 13.0 Å². The second kappa shape index (κ2) is 5.66. The Morgan fingerprint density at radius 1 is 1.05 bits per heavy atom. The summed E-state index contributed by atoms with van der Waals surface area (Å²) in [4.78, 5) is 4.00. The van der Waals surface area contributed by atoms with E-state index >= 15 is 0 Å². The van der Waals surface area contributed by atoms with Crippen LogP contribution in [0.3, 0.4) is 0 Å². The summed E-state index contributed by atoms with van der Waals surface area (Å²) in [6.45, 7) is 2.03. The Hall–Kier alpha value is -2.85. The van der Waals surface area contributed by atoms with E-state index in [4.69, 9.17) is 10.5 Å². The highest BCUT2D eigenvalue weighted by atomic mass is 14.9. The van der Waals surface area contributed by atoms with Crippen LogP contribution in [0.4, 0.5) is 5.69 Å². The standard InChI is InChI=1S/C15H12N4/c1-11(13-4-2-12(8-16)3-5-13)19-15-7-6-14(9-17)18-10-15/h2-7,10-11,19H,1H3. The first-order chi connectivity index (χ1) is 9.22. The Morgan fingerprint density at radius 3 is 2.32 bits per heavy atom. The van der Waals surface area contributed by atoms with Crippen molar-refractivity contribution < 1.29 is 0 Å². The fourth-order valence-corrected chi connectivity index (χ4v) is 1.73. The zero-order valence-corrected chi connectivity index (χ0v) is 10.5. The van der Waals surface area contributed by atoms with Crippen LogP contribution in [0.2, 0.25) is 0 Å². The number of aromatic nitrogens is 1. The third-order valence-corrected chi connectivity index (χ3v) is 2.80. The summed E-state index contributed by atoms with van der Waals surface area (Å²) in [5.41, 5.74) is 2.99. The average molecular weight is 248 g/mol. The maximum absolute atomic E-state index is 8.75. The maximum atomic E-state index is 8.75. The van der Waals surface area contributed by atoms with E-state index in [1.807, 2.05) is 31.2 Å². The van der Waals surface area contributed by atoms with Gasteiger partial charge in [-0.25, -0.2) is 4.98 Å². The fourth-order valence-electron chi connectivity index (χ4n) is 1.73. The topological polar surface area (TPSA) is 72.5 Å². The summed E-state index contributed by atoms with van der Waals surface area (Å²) in [5, 5.41) is 20.7. The van der Waals surface area contributed by atoms with E-state index in [0.29, 0.717) is 11.3 Å². The Morgan fingerprint density at radius 2 is 1.79 bits per heavy atom. The quantitative estimate of drug-likeness (QED) is 0.906. The minimum absolute atomic E-state index is 0.0995. The van der Waals surface area contributed by atoms with Crippen molar-refractivity contribution in [1.82, 2.24) is 4.98 Å². The normalized spacial score (nSPS) is 11.1. The molecule has 0 aliphatic carbocycles. The molecule has 4 heteroatoms. The molecule has 1 aromatic heterocycles. The highest BCUT2D eigenvalue weighted by molar-refractivity contribution is 5.45. The van der Waals surface area contributed by atoms with Gasteiger partial charge >= 0.3 is 0 Å². The van der Waals surface area contributed by atoms with Crippen molar-refractivity contribution in [3.8, 4) is 12.1 Å². The van der Waals surface area contributed by atoms with Crippen molar-refractivity contribution in [1.29, 1.82) is 10.5 Å². The number of hydrogen-bond acceptors (Lipinski definition) is 4. The lowest BCUT2D eigenvalue weighted by Gasteiger charge is -2.15. The lowest BCUT2D eigenvalue weighted by atomic mass is 10.1. The predicted molar refractivity (Wildman–Crippen MR) is 72.1 cm³/mol. The van der Waals surface area contributed by atoms with E-state index in [1.165, 1.54) is 0 Å². The molecule has 4 nitrogen and oxygen atoms in total. The molecule has 2 aromatic rings. The molecule has 0 fully saturated rings. The van der Waals surface area contributed by atoms with Gasteiger partial charge in [0.15, 0.2) is 0 Å². The minimum atomic E-state index is 0.0995. The summed E-state index contributed by atoms with van der Waals surface area (Å²) in [5.74, 6) is 0. The Balaban J connectivity index is 2.09. The number of rotatable bonds is 3. The maximum Gasteiger partial charge on any atom is 0.140 e. The summed E-state index contributed by atoms with van der Waals surface area (Å²) in [6, 6.07) is 15.1. The molecular weight excluding hydrogens is 236 g/mol. The van der Waals surface area contributed by atoms with Crippen molar-refractivity contribution in [3.05, 3.63) is 59.4 Å². The average Bonchev–Trinajstić information content (AvgIpc) is 2.48. The fraction of sp³-hybridized carbons (Fsp3) is 0.133. The van der Waals surface area contributed by atoms with E-state index < -0.39 is 0 Å². The first-order valence-electron chi connectivity index (χ1n) is 5.85. The predicted octanol–water partition coefficient (Wildman–Crippen LogP) is 3.00. The first-order valence-corrected chi connectivity index (χ1v) is 5.85. The molecule has 0 saturated heterocycles. The second-order valence-corrected chi connectivity index (χ2v) is 4.14. The highest BCUT2D eigenvalue weighted by Gasteiger charge is 2.05. The molecule has 19 heavy (non-hydrogen) atoms. The number of benzene rings is 1. The number of nitrogens with zero attached hydrogens (tertiary/aromatic N) is 3. The lowest BCUT2D eigenvalue weighted by Crippen LogP contribution is -2.06. The minimum Gasteiger partial charge on any atom is -0.377 e. The van der Waals surface area contributed by atoms with Crippen LogP contribution in [-0.4, -0.2) is 4.98 Å². The van der Waals surface area contributed by atoms with Gasteiger partial charge in [-0.3, -0.25) is 0 Å². The van der Waals surface area contributed by atoms with E-state index in [9.17, 15) is 0 Å². The molecular formula is C15H12N4. The van der Waals surface area contributed by atoms with E-state index in [1.54, 1.807) is 24.4 Å². The van der Waals surface area contributed by atoms with Crippen LogP contribution < -0.4 is 5.32 Å². The molecule has 0 amide bonds. The van der Waals surface area contributed by atoms with E-state index in [-0.39, 0.29) is 6.04 Å². The monoisotopic (exact) mass is 248 g/mol. The second-order valence-electron chi connectivity index (χ2n) is 4.14. The molecule has 0 radical (unpaired) electrons. The van der Waals surface area contributed by atoms with Gasteiger partial charge in [0.2, 0.25) is 0 Å². The van der Waals surface area contributed by atoms with Gasteiger partial charge in [0.25, 0.3) is 0 Å². The zero-order chi connectivity index (χ0) is 13.7. The molecule has 1 atom stereocenters. The zero-order valence-electron chi connectivity index (χ0n) is 10.5. The van der Waals surface area contributed by atoms with Crippen LogP contribution in [0, 0.1) is 22.7 Å². The number of nitriles is 2. The molecule has 1 N–H and O–H groups in total. The van der Waals surface area contributed by atoms with Crippen LogP contribution in [0.15, 0.2) is 42.6 Å². The number of nitrogens with one attached hydrogen (secondary N) is 1. The van der Waals surface area contributed by atoms with Crippen LogP contribution in [0.25, 0.3) is 0 Å². The van der Waals surface area contributed by atoms with E-state index in [0.717, 1.165) is 11.3 Å². The largest absolute Gasteiger partial charge is 0.377 e. The molecule has 2 rings (SSSR count). The van der Waals surface area contributed by atoms with Crippen molar-refractivity contribution >= 4 is 5.69 Å². The van der Waals surface area contributed by atoms with E-state index in [2.05, 4.69) is 16.4 Å². The van der Waals surface area contributed by atoms with Crippen molar-refractivity contribution in [3.63, 3.8) is 0 Å². The Bertz CT molecular complexity index is 630. The molecule has 1 unspecified atom stereocenters. The Kier molecular flexibility index (Phi) is 3.75. The summed E-state index contributed by atoms with van der Waals surface area (Å²) < 4.78 is 0. The van der Waals surface area contributed by atoms with Crippen LogP contribution in [0.5, 0.6) is 0 Å². The molecule has 0 saturated carbocycles. The van der Waals surface area contributed by atoms with Gasteiger partial charge < -0.3 is 5.32 Å². The van der Waals surface area contributed by atoms with Crippen molar-refractivity contribution in [2.24, 2.45) is 0 Å². The molecule has 0 aliphatic rings. The molecule has 0 aliphatic heterocycles. The molecule has 0 bridgehead atoms. The number of pyridine rings is 1.